The molecule has 0 radical (unpaired) electrons. The molecule has 0 saturated carbocycles. The topological polar surface area (TPSA) is 102 Å². The molecule has 0 aliphatic carbocycles. The summed E-state index contributed by atoms with van der Waals surface area (Å²) in [5.41, 5.74) is 7.01. The van der Waals surface area contributed by atoms with Gasteiger partial charge >= 0.3 is 5.97 Å². The number of carbonyl (C=O) groups excluding carboxylic acids is 3. The van der Waals surface area contributed by atoms with Crippen LogP contribution >= 0.6 is 0 Å². The second kappa shape index (κ2) is 11.8. The number of carbonyl (C=O) groups is 3. The number of benzene rings is 2. The molecule has 1 aliphatic heterocycles. The molecule has 0 aromatic heterocycles. The molecule has 2 aromatic carbocycles. The fourth-order valence-electron chi connectivity index (χ4n) is 4.00. The molecule has 34 heavy (non-hydrogen) atoms. The molecule has 1 fully saturated rings. The Morgan fingerprint density at radius 2 is 1.71 bits per heavy atom. The van der Waals surface area contributed by atoms with Gasteiger partial charge in [-0.1, -0.05) is 67.6 Å². The van der Waals surface area contributed by atoms with Crippen molar-refractivity contribution in [3.05, 3.63) is 71.8 Å². The quantitative estimate of drug-likeness (QED) is 0.525. The zero-order chi connectivity index (χ0) is 24.6. The van der Waals surface area contributed by atoms with E-state index in [4.69, 9.17) is 10.5 Å². The third kappa shape index (κ3) is 6.67. The average molecular weight is 466 g/mol. The van der Waals surface area contributed by atoms with Crippen LogP contribution in [0, 0.1) is 0 Å². The highest BCUT2D eigenvalue weighted by Gasteiger charge is 2.39. The zero-order valence-corrected chi connectivity index (χ0v) is 20.0. The van der Waals surface area contributed by atoms with Crippen LogP contribution in [-0.4, -0.2) is 46.9 Å². The molecule has 0 bridgehead atoms. The van der Waals surface area contributed by atoms with E-state index in [-0.39, 0.29) is 18.4 Å². The number of likely N-dealkylation sites (tertiary alicyclic amines) is 1. The molecule has 3 N–H and O–H groups in total. The minimum absolute atomic E-state index is 0.161. The summed E-state index contributed by atoms with van der Waals surface area (Å²) in [5.74, 6) is -1.06. The van der Waals surface area contributed by atoms with E-state index in [1.165, 1.54) is 0 Å². The molecular weight excluding hydrogens is 430 g/mol. The number of nitrogens with zero attached hydrogens (tertiary/aromatic N) is 1. The van der Waals surface area contributed by atoms with Crippen molar-refractivity contribution in [3.63, 3.8) is 0 Å². The van der Waals surface area contributed by atoms with Gasteiger partial charge in [0.25, 0.3) is 0 Å². The van der Waals surface area contributed by atoms with Crippen LogP contribution in [0.4, 0.5) is 0 Å². The van der Waals surface area contributed by atoms with Gasteiger partial charge in [-0.15, -0.1) is 0 Å². The van der Waals surface area contributed by atoms with Crippen molar-refractivity contribution in [1.29, 1.82) is 0 Å². The number of aryl methyl sites for hydroxylation is 1. The second-order valence-electron chi connectivity index (χ2n) is 9.10. The Balaban J connectivity index is 1.70. The number of nitrogens with two attached hydrogens (primary N) is 1. The SMILES string of the molecule is CC[C@](C)(N)C(=O)N[C@@H](CCc1ccccc1)C(=O)N1CCC[C@@H]1C(=O)OCc1ccccc1. The smallest absolute Gasteiger partial charge is 0.329 e. The van der Waals surface area contributed by atoms with Crippen LogP contribution in [0.2, 0.25) is 0 Å². The molecule has 2 amide bonds. The number of esters is 1. The molecule has 182 valence electrons. The van der Waals surface area contributed by atoms with Crippen LogP contribution in [0.25, 0.3) is 0 Å². The van der Waals surface area contributed by atoms with E-state index in [1.807, 2.05) is 67.6 Å². The highest BCUT2D eigenvalue weighted by atomic mass is 16.5. The third-order valence-corrected chi connectivity index (χ3v) is 6.45. The van der Waals surface area contributed by atoms with Gasteiger partial charge in [-0.05, 0) is 50.2 Å². The fourth-order valence-corrected chi connectivity index (χ4v) is 4.00. The first kappa shape index (κ1) is 25.4. The average Bonchev–Trinajstić information content (AvgIpc) is 3.36. The van der Waals surface area contributed by atoms with E-state index in [0.29, 0.717) is 38.6 Å². The van der Waals surface area contributed by atoms with Gasteiger partial charge in [0.05, 0.1) is 5.54 Å². The Morgan fingerprint density at radius 3 is 2.32 bits per heavy atom. The summed E-state index contributed by atoms with van der Waals surface area (Å²) < 4.78 is 5.51. The molecule has 1 saturated heterocycles. The summed E-state index contributed by atoms with van der Waals surface area (Å²) in [4.78, 5) is 40.8. The lowest BCUT2D eigenvalue weighted by molar-refractivity contribution is -0.155. The first-order valence-corrected chi connectivity index (χ1v) is 12.0. The van der Waals surface area contributed by atoms with Gasteiger partial charge in [0, 0.05) is 6.54 Å². The van der Waals surface area contributed by atoms with Crippen molar-refractivity contribution in [3.8, 4) is 0 Å². The molecule has 7 heteroatoms. The van der Waals surface area contributed by atoms with Crippen LogP contribution in [-0.2, 0) is 32.1 Å². The maximum Gasteiger partial charge on any atom is 0.329 e. The van der Waals surface area contributed by atoms with Crippen molar-refractivity contribution < 1.29 is 19.1 Å². The maximum atomic E-state index is 13.6. The summed E-state index contributed by atoms with van der Waals surface area (Å²) in [6.45, 7) is 4.10. The Bertz CT molecular complexity index is 962. The zero-order valence-electron chi connectivity index (χ0n) is 20.0. The van der Waals surface area contributed by atoms with Crippen LogP contribution < -0.4 is 11.1 Å². The Kier molecular flexibility index (Phi) is 8.82. The number of hydrogen-bond donors (Lipinski definition) is 2. The van der Waals surface area contributed by atoms with Gasteiger partial charge < -0.3 is 20.7 Å². The molecule has 0 spiro atoms. The largest absolute Gasteiger partial charge is 0.459 e. The Labute approximate surface area is 201 Å². The van der Waals surface area contributed by atoms with Crippen LogP contribution in [0.3, 0.4) is 0 Å². The van der Waals surface area contributed by atoms with E-state index in [9.17, 15) is 14.4 Å². The Hall–Kier alpha value is -3.19. The van der Waals surface area contributed by atoms with Gasteiger partial charge in [-0.3, -0.25) is 9.59 Å². The highest BCUT2D eigenvalue weighted by Crippen LogP contribution is 2.22. The molecule has 3 rings (SSSR count). The summed E-state index contributed by atoms with van der Waals surface area (Å²) in [7, 11) is 0. The predicted molar refractivity (Wildman–Crippen MR) is 131 cm³/mol. The van der Waals surface area contributed by atoms with Gasteiger partial charge in [0.15, 0.2) is 0 Å². The molecule has 1 aliphatic rings. The lowest BCUT2D eigenvalue weighted by Crippen LogP contribution is -2.58. The molecular formula is C27H35N3O4. The monoisotopic (exact) mass is 465 g/mol. The van der Waals surface area contributed by atoms with Gasteiger partial charge in [0.2, 0.25) is 11.8 Å². The number of nitrogens with one attached hydrogen (secondary N) is 1. The Morgan fingerprint density at radius 1 is 1.09 bits per heavy atom. The van der Waals surface area contributed by atoms with Gasteiger partial charge in [0.1, 0.15) is 18.7 Å². The van der Waals surface area contributed by atoms with Crippen molar-refractivity contribution in [2.75, 3.05) is 6.54 Å². The van der Waals surface area contributed by atoms with E-state index in [1.54, 1.807) is 11.8 Å². The number of ether oxygens (including phenoxy) is 1. The minimum Gasteiger partial charge on any atom is -0.459 e. The standard InChI is InChI=1S/C27H35N3O4/c1-3-27(2,28)26(33)29-22(17-16-20-11-6-4-7-12-20)24(31)30-18-10-15-23(30)25(32)34-19-21-13-8-5-9-14-21/h4-9,11-14,22-23H,3,10,15-19,28H2,1-2H3,(H,29,33)/t22-,23+,27-/m0/s1. The summed E-state index contributed by atoms with van der Waals surface area (Å²) in [5, 5.41) is 2.87. The summed E-state index contributed by atoms with van der Waals surface area (Å²) in [6, 6.07) is 17.8. The first-order valence-electron chi connectivity index (χ1n) is 12.0. The van der Waals surface area contributed by atoms with Crippen molar-refractivity contribution in [1.82, 2.24) is 10.2 Å². The fraction of sp³-hybridized carbons (Fsp3) is 0.444. The predicted octanol–water partition coefficient (Wildman–Crippen LogP) is 2.97. The second-order valence-corrected chi connectivity index (χ2v) is 9.10. The van der Waals surface area contributed by atoms with E-state index in [0.717, 1.165) is 11.1 Å². The maximum absolute atomic E-state index is 13.6. The molecule has 2 aromatic rings. The normalized spacial score (nSPS) is 18.1. The number of hydrogen-bond acceptors (Lipinski definition) is 5. The van der Waals surface area contributed by atoms with Crippen molar-refractivity contribution in [2.45, 2.75) is 70.2 Å². The first-order chi connectivity index (χ1) is 16.3. The summed E-state index contributed by atoms with van der Waals surface area (Å²) in [6.07, 6.45) is 2.72. The van der Waals surface area contributed by atoms with E-state index in [2.05, 4.69) is 5.32 Å². The van der Waals surface area contributed by atoms with Crippen LogP contribution in [0.5, 0.6) is 0 Å². The molecule has 3 atom stereocenters. The van der Waals surface area contributed by atoms with E-state index < -0.39 is 23.6 Å². The van der Waals surface area contributed by atoms with Crippen LogP contribution in [0.1, 0.15) is 50.7 Å². The number of amides is 2. The van der Waals surface area contributed by atoms with E-state index >= 15 is 0 Å². The number of rotatable bonds is 10. The highest BCUT2D eigenvalue weighted by molar-refractivity contribution is 5.93. The molecule has 7 nitrogen and oxygen atoms in total. The summed E-state index contributed by atoms with van der Waals surface area (Å²) >= 11 is 0. The lowest BCUT2D eigenvalue weighted by Gasteiger charge is -2.30. The van der Waals surface area contributed by atoms with Gasteiger partial charge in [-0.2, -0.15) is 0 Å². The van der Waals surface area contributed by atoms with Gasteiger partial charge in [-0.25, -0.2) is 4.79 Å². The lowest BCUT2D eigenvalue weighted by atomic mass is 9.97. The van der Waals surface area contributed by atoms with Crippen molar-refractivity contribution >= 4 is 17.8 Å². The third-order valence-electron chi connectivity index (χ3n) is 6.45. The molecule has 0 unspecified atom stereocenters. The van der Waals surface area contributed by atoms with Crippen molar-refractivity contribution in [2.24, 2.45) is 5.73 Å². The molecule has 1 heterocycles. The minimum atomic E-state index is -1.08. The van der Waals surface area contributed by atoms with Crippen LogP contribution in [0.15, 0.2) is 60.7 Å².